The van der Waals surface area contributed by atoms with Crippen LogP contribution in [-0.2, 0) is 14.8 Å². The quantitative estimate of drug-likeness (QED) is 0.821. The summed E-state index contributed by atoms with van der Waals surface area (Å²) >= 11 is 3.36. The molecule has 2 aromatic rings. The summed E-state index contributed by atoms with van der Waals surface area (Å²) in [7, 11) is -3.54. The number of nitrogens with one attached hydrogen (secondary N) is 1. The first kappa shape index (κ1) is 17.8. The van der Waals surface area contributed by atoms with Crippen LogP contribution in [0.25, 0.3) is 0 Å². The number of fused-ring (bicyclic) bond motifs is 1. The number of benzene rings is 2. The Labute approximate surface area is 155 Å². The van der Waals surface area contributed by atoms with E-state index in [2.05, 4.69) is 21.2 Å². The largest absolute Gasteiger partial charge is 0.476 e. The molecule has 6 nitrogen and oxygen atoms in total. The van der Waals surface area contributed by atoms with Gasteiger partial charge in [-0.3, -0.25) is 9.10 Å². The zero-order valence-corrected chi connectivity index (χ0v) is 16.1. The number of nitrogens with zero attached hydrogens (tertiary/aromatic N) is 1. The standard InChI is InChI=1S/C17H17BrN2O4S/c1-11-7-8-15-14(9-11)20(25(2,22)23)10-16(24-15)17(21)19-13-6-4-3-5-12(13)18/h3-9,16H,10H2,1-2H3,(H,19,21)/t16-/m0/s1. The zero-order chi connectivity index (χ0) is 18.2. The molecule has 1 aliphatic rings. The maximum absolute atomic E-state index is 12.6. The van der Waals surface area contributed by atoms with Gasteiger partial charge in [0, 0.05) is 4.47 Å². The lowest BCUT2D eigenvalue weighted by atomic mass is 10.1. The smallest absolute Gasteiger partial charge is 0.267 e. The maximum Gasteiger partial charge on any atom is 0.267 e. The number of carbonyl (C=O) groups is 1. The van der Waals surface area contributed by atoms with E-state index >= 15 is 0 Å². The summed E-state index contributed by atoms with van der Waals surface area (Å²) in [5.41, 5.74) is 1.95. The number of sulfonamides is 1. The lowest BCUT2D eigenvalue weighted by molar-refractivity contribution is -0.122. The fraction of sp³-hybridized carbons (Fsp3) is 0.235. The fourth-order valence-electron chi connectivity index (χ4n) is 2.59. The van der Waals surface area contributed by atoms with Crippen LogP contribution in [0.3, 0.4) is 0 Å². The summed E-state index contributed by atoms with van der Waals surface area (Å²) < 4.78 is 32.0. The molecule has 132 valence electrons. The predicted molar refractivity (Wildman–Crippen MR) is 101 cm³/mol. The second kappa shape index (κ2) is 6.68. The number of carbonyl (C=O) groups excluding carboxylic acids is 1. The number of amides is 1. The van der Waals surface area contributed by atoms with Crippen LogP contribution in [0.2, 0.25) is 0 Å². The molecule has 0 bridgehead atoms. The Bertz CT molecular complexity index is 930. The van der Waals surface area contributed by atoms with Gasteiger partial charge in [-0.1, -0.05) is 18.2 Å². The van der Waals surface area contributed by atoms with E-state index in [1.54, 1.807) is 30.3 Å². The SMILES string of the molecule is Cc1ccc2c(c1)N(S(C)(=O)=O)C[C@@H](C(=O)Nc1ccccc1Br)O2. The highest BCUT2D eigenvalue weighted by Gasteiger charge is 2.35. The van der Waals surface area contributed by atoms with Gasteiger partial charge < -0.3 is 10.1 Å². The number of ether oxygens (including phenoxy) is 1. The van der Waals surface area contributed by atoms with Gasteiger partial charge in [-0.05, 0) is 52.7 Å². The number of halogens is 1. The van der Waals surface area contributed by atoms with E-state index in [4.69, 9.17) is 4.74 Å². The van der Waals surface area contributed by atoms with Crippen LogP contribution in [0.15, 0.2) is 46.9 Å². The van der Waals surface area contributed by atoms with Gasteiger partial charge in [0.2, 0.25) is 10.0 Å². The van der Waals surface area contributed by atoms with E-state index in [0.717, 1.165) is 16.3 Å². The van der Waals surface area contributed by atoms with Crippen LogP contribution in [-0.4, -0.2) is 33.2 Å². The molecule has 1 amide bonds. The van der Waals surface area contributed by atoms with Crippen LogP contribution in [0.4, 0.5) is 11.4 Å². The van der Waals surface area contributed by atoms with Gasteiger partial charge in [0.15, 0.2) is 6.10 Å². The molecule has 2 aromatic carbocycles. The van der Waals surface area contributed by atoms with Crippen molar-refractivity contribution in [2.24, 2.45) is 0 Å². The number of hydrogen-bond donors (Lipinski definition) is 1. The highest BCUT2D eigenvalue weighted by atomic mass is 79.9. The molecule has 8 heteroatoms. The molecule has 0 unspecified atom stereocenters. The first-order chi connectivity index (χ1) is 11.8. The molecule has 0 saturated carbocycles. The highest BCUT2D eigenvalue weighted by molar-refractivity contribution is 9.10. The van der Waals surface area contributed by atoms with E-state index in [1.807, 2.05) is 19.1 Å². The van der Waals surface area contributed by atoms with E-state index in [1.165, 1.54) is 4.31 Å². The minimum Gasteiger partial charge on any atom is -0.476 e. The van der Waals surface area contributed by atoms with Crippen LogP contribution in [0.5, 0.6) is 5.75 Å². The Kier molecular flexibility index (Phi) is 4.75. The van der Waals surface area contributed by atoms with Crippen LogP contribution < -0.4 is 14.4 Å². The highest BCUT2D eigenvalue weighted by Crippen LogP contribution is 2.36. The molecule has 1 heterocycles. The van der Waals surface area contributed by atoms with E-state index in [0.29, 0.717) is 17.1 Å². The zero-order valence-electron chi connectivity index (χ0n) is 13.7. The topological polar surface area (TPSA) is 75.7 Å². The molecule has 0 aliphatic carbocycles. The Hall–Kier alpha value is -2.06. The molecule has 1 atom stereocenters. The summed E-state index contributed by atoms with van der Waals surface area (Å²) in [6.07, 6.45) is 0.171. The van der Waals surface area contributed by atoms with Crippen molar-refractivity contribution in [2.45, 2.75) is 13.0 Å². The van der Waals surface area contributed by atoms with E-state index in [9.17, 15) is 13.2 Å². The van der Waals surface area contributed by atoms with Crippen LogP contribution in [0, 0.1) is 6.92 Å². The van der Waals surface area contributed by atoms with Gasteiger partial charge in [0.25, 0.3) is 5.91 Å². The molecular formula is C17H17BrN2O4S. The first-order valence-electron chi connectivity index (χ1n) is 7.56. The Morgan fingerprint density at radius 3 is 2.68 bits per heavy atom. The second-order valence-electron chi connectivity index (χ2n) is 5.84. The summed E-state index contributed by atoms with van der Waals surface area (Å²) in [5, 5.41) is 2.76. The summed E-state index contributed by atoms with van der Waals surface area (Å²) in [4.78, 5) is 12.6. The first-order valence-corrected chi connectivity index (χ1v) is 10.2. The summed E-state index contributed by atoms with van der Waals surface area (Å²) in [5.74, 6) is -0.0404. The van der Waals surface area contributed by atoms with E-state index < -0.39 is 22.0 Å². The third-order valence-corrected chi connectivity index (χ3v) is 5.65. The van der Waals surface area contributed by atoms with Gasteiger partial charge in [-0.25, -0.2) is 8.42 Å². The molecule has 3 rings (SSSR count). The number of anilines is 2. The Morgan fingerprint density at radius 2 is 2.00 bits per heavy atom. The van der Waals surface area contributed by atoms with Gasteiger partial charge >= 0.3 is 0 Å². The Balaban J connectivity index is 1.90. The molecule has 1 aliphatic heterocycles. The Morgan fingerprint density at radius 1 is 1.28 bits per heavy atom. The number of rotatable bonds is 3. The number of hydrogen-bond acceptors (Lipinski definition) is 4. The lowest BCUT2D eigenvalue weighted by Crippen LogP contribution is -2.48. The minimum atomic E-state index is -3.54. The summed E-state index contributed by atoms with van der Waals surface area (Å²) in [6.45, 7) is 1.79. The molecule has 0 radical (unpaired) electrons. The number of aryl methyl sites for hydroxylation is 1. The predicted octanol–water partition coefficient (Wildman–Crippen LogP) is 2.92. The van der Waals surface area contributed by atoms with Crippen molar-refractivity contribution in [1.82, 2.24) is 0 Å². The van der Waals surface area contributed by atoms with Crippen molar-refractivity contribution in [1.29, 1.82) is 0 Å². The molecule has 25 heavy (non-hydrogen) atoms. The van der Waals surface area contributed by atoms with Crippen molar-refractivity contribution in [2.75, 3.05) is 22.4 Å². The average molecular weight is 425 g/mol. The normalized spacial score (nSPS) is 16.8. The molecule has 1 N–H and O–H groups in total. The van der Waals surface area contributed by atoms with Gasteiger partial charge in [0.05, 0.1) is 24.2 Å². The number of para-hydroxylation sites is 1. The molecule has 0 spiro atoms. The third-order valence-electron chi connectivity index (χ3n) is 3.81. The van der Waals surface area contributed by atoms with Crippen molar-refractivity contribution in [3.63, 3.8) is 0 Å². The molecule has 0 aromatic heterocycles. The third kappa shape index (κ3) is 3.80. The fourth-order valence-corrected chi connectivity index (χ4v) is 3.88. The maximum atomic E-state index is 12.6. The van der Waals surface area contributed by atoms with Crippen molar-refractivity contribution in [3.05, 3.63) is 52.5 Å². The van der Waals surface area contributed by atoms with Crippen molar-refractivity contribution >= 4 is 43.2 Å². The van der Waals surface area contributed by atoms with Crippen LogP contribution >= 0.6 is 15.9 Å². The van der Waals surface area contributed by atoms with Crippen molar-refractivity contribution < 1.29 is 17.9 Å². The van der Waals surface area contributed by atoms with E-state index in [-0.39, 0.29) is 6.54 Å². The average Bonchev–Trinajstić information content (AvgIpc) is 2.55. The monoisotopic (exact) mass is 424 g/mol. The molecule has 0 saturated heterocycles. The minimum absolute atomic E-state index is 0.0778. The van der Waals surface area contributed by atoms with Crippen LogP contribution in [0.1, 0.15) is 5.56 Å². The van der Waals surface area contributed by atoms with Gasteiger partial charge in [-0.15, -0.1) is 0 Å². The van der Waals surface area contributed by atoms with Gasteiger partial charge in [0.1, 0.15) is 5.75 Å². The van der Waals surface area contributed by atoms with Crippen molar-refractivity contribution in [3.8, 4) is 5.75 Å². The molecule has 0 fully saturated rings. The summed E-state index contributed by atoms with van der Waals surface area (Å²) in [6, 6.07) is 12.4. The van der Waals surface area contributed by atoms with Gasteiger partial charge in [-0.2, -0.15) is 0 Å². The second-order valence-corrected chi connectivity index (χ2v) is 8.60. The molecular weight excluding hydrogens is 408 g/mol. The lowest BCUT2D eigenvalue weighted by Gasteiger charge is -2.34.